The van der Waals surface area contributed by atoms with E-state index in [0.717, 1.165) is 53.4 Å². The van der Waals surface area contributed by atoms with E-state index in [1.165, 1.54) is 11.1 Å². The molecule has 5 rings (SSSR count). The van der Waals surface area contributed by atoms with Crippen molar-refractivity contribution in [1.29, 1.82) is 0 Å². The van der Waals surface area contributed by atoms with Gasteiger partial charge in [0.05, 0.1) is 24.8 Å². The summed E-state index contributed by atoms with van der Waals surface area (Å²) in [4.78, 5) is 19.8. The molecule has 0 bridgehead atoms. The summed E-state index contributed by atoms with van der Waals surface area (Å²) in [5, 5.41) is 0. The van der Waals surface area contributed by atoms with Crippen molar-refractivity contribution in [3.63, 3.8) is 0 Å². The largest absolute Gasteiger partial charge is 0.497 e. The Kier molecular flexibility index (Phi) is 6.94. The third-order valence-electron chi connectivity index (χ3n) is 7.15. The lowest BCUT2D eigenvalue weighted by atomic mass is 10.1. The van der Waals surface area contributed by atoms with E-state index in [4.69, 9.17) is 14.5 Å². The third kappa shape index (κ3) is 4.81. The number of carbonyl (C=O) groups is 1. The first-order chi connectivity index (χ1) is 17.5. The van der Waals surface area contributed by atoms with Crippen LogP contribution in [0.1, 0.15) is 42.1 Å². The number of aromatic nitrogens is 2. The molecule has 0 aliphatic carbocycles. The highest BCUT2D eigenvalue weighted by atomic mass is 16.5. The van der Waals surface area contributed by atoms with Gasteiger partial charge in [0.15, 0.2) is 0 Å². The molecule has 0 radical (unpaired) electrons. The molecule has 1 aliphatic heterocycles. The Labute approximate surface area is 212 Å². The number of hydrogen-bond donors (Lipinski definition) is 0. The van der Waals surface area contributed by atoms with Gasteiger partial charge in [-0.1, -0.05) is 24.3 Å². The number of nitrogens with zero attached hydrogens (tertiary/aromatic N) is 3. The average molecular weight is 484 g/mol. The minimum atomic E-state index is 0.0539. The summed E-state index contributed by atoms with van der Waals surface area (Å²) in [6, 6.07) is 22.1. The van der Waals surface area contributed by atoms with E-state index in [9.17, 15) is 4.79 Å². The number of rotatable bonds is 9. The minimum absolute atomic E-state index is 0.0539. The summed E-state index contributed by atoms with van der Waals surface area (Å²) in [5.74, 6) is 2.93. The molecule has 186 valence electrons. The van der Waals surface area contributed by atoms with Gasteiger partial charge in [-0.15, -0.1) is 0 Å². The molecule has 0 saturated carbocycles. The number of carbonyl (C=O) groups excluding carboxylic acids is 1. The molecule has 1 unspecified atom stereocenters. The SMILES string of the molecule is COc1ccc(N2CC(c3nc4ccccc4n3CCCCOc3cccc(C)c3C)CC2=O)cc1. The van der Waals surface area contributed by atoms with E-state index in [-0.39, 0.29) is 11.8 Å². The molecule has 1 saturated heterocycles. The number of aryl methyl sites for hydroxylation is 2. The van der Waals surface area contributed by atoms with Crippen molar-refractivity contribution in [2.75, 3.05) is 25.2 Å². The molecule has 3 aromatic carbocycles. The first kappa shape index (κ1) is 23.9. The number of para-hydroxylation sites is 2. The fourth-order valence-corrected chi connectivity index (χ4v) is 4.97. The van der Waals surface area contributed by atoms with Gasteiger partial charge in [-0.3, -0.25) is 4.79 Å². The van der Waals surface area contributed by atoms with Crippen LogP contribution in [0, 0.1) is 13.8 Å². The van der Waals surface area contributed by atoms with Gasteiger partial charge in [0, 0.05) is 31.1 Å². The van der Waals surface area contributed by atoms with Gasteiger partial charge in [-0.05, 0) is 80.3 Å². The van der Waals surface area contributed by atoms with Crippen molar-refractivity contribution in [2.45, 2.75) is 45.6 Å². The van der Waals surface area contributed by atoms with Crippen molar-refractivity contribution >= 4 is 22.6 Å². The summed E-state index contributed by atoms with van der Waals surface area (Å²) in [5.41, 5.74) is 5.45. The normalized spacial score (nSPS) is 15.6. The summed E-state index contributed by atoms with van der Waals surface area (Å²) < 4.78 is 13.6. The molecule has 6 heteroatoms. The first-order valence-electron chi connectivity index (χ1n) is 12.6. The molecule has 1 aromatic heterocycles. The van der Waals surface area contributed by atoms with Crippen LogP contribution in [0.25, 0.3) is 11.0 Å². The number of amides is 1. The summed E-state index contributed by atoms with van der Waals surface area (Å²) in [6.45, 7) is 6.37. The zero-order valence-electron chi connectivity index (χ0n) is 21.2. The van der Waals surface area contributed by atoms with Crippen LogP contribution in [0.4, 0.5) is 5.69 Å². The molecule has 0 spiro atoms. The zero-order chi connectivity index (χ0) is 25.1. The second kappa shape index (κ2) is 10.4. The van der Waals surface area contributed by atoms with Crippen LogP contribution < -0.4 is 14.4 Å². The molecule has 36 heavy (non-hydrogen) atoms. The van der Waals surface area contributed by atoms with Crippen LogP contribution in [-0.2, 0) is 11.3 Å². The van der Waals surface area contributed by atoms with Crippen molar-refractivity contribution in [1.82, 2.24) is 9.55 Å². The third-order valence-corrected chi connectivity index (χ3v) is 7.15. The van der Waals surface area contributed by atoms with E-state index >= 15 is 0 Å². The predicted molar refractivity (Wildman–Crippen MR) is 143 cm³/mol. The Morgan fingerprint density at radius 2 is 1.78 bits per heavy atom. The van der Waals surface area contributed by atoms with Crippen LogP contribution in [-0.4, -0.2) is 35.7 Å². The maximum absolute atomic E-state index is 13.0. The molecule has 2 heterocycles. The van der Waals surface area contributed by atoms with Crippen molar-refractivity contribution < 1.29 is 14.3 Å². The van der Waals surface area contributed by atoms with Gasteiger partial charge in [-0.2, -0.15) is 0 Å². The standard InChI is InChI=1S/C30H33N3O3/c1-21-9-8-12-28(22(21)2)36-18-7-6-17-32-27-11-5-4-10-26(27)31-30(32)23-19-29(34)33(20-23)24-13-15-25(35-3)16-14-24/h4-5,8-16,23H,6-7,17-20H2,1-3H3. The lowest BCUT2D eigenvalue weighted by molar-refractivity contribution is -0.117. The van der Waals surface area contributed by atoms with E-state index in [1.807, 2.05) is 47.4 Å². The number of imidazole rings is 1. The fourth-order valence-electron chi connectivity index (χ4n) is 4.97. The van der Waals surface area contributed by atoms with Gasteiger partial charge in [0.2, 0.25) is 5.91 Å². The monoisotopic (exact) mass is 483 g/mol. The zero-order valence-corrected chi connectivity index (χ0v) is 21.2. The van der Waals surface area contributed by atoms with Crippen LogP contribution in [0.3, 0.4) is 0 Å². The molecule has 1 fully saturated rings. The highest BCUT2D eigenvalue weighted by Crippen LogP contribution is 2.34. The maximum atomic E-state index is 13.0. The molecule has 1 atom stereocenters. The quantitative estimate of drug-likeness (QED) is 0.272. The van der Waals surface area contributed by atoms with Gasteiger partial charge in [-0.25, -0.2) is 4.98 Å². The Morgan fingerprint density at radius 1 is 0.972 bits per heavy atom. The summed E-state index contributed by atoms with van der Waals surface area (Å²) >= 11 is 0. The topological polar surface area (TPSA) is 56.6 Å². The lowest BCUT2D eigenvalue weighted by Crippen LogP contribution is -2.24. The van der Waals surface area contributed by atoms with Crippen molar-refractivity contribution in [2.24, 2.45) is 0 Å². The van der Waals surface area contributed by atoms with Gasteiger partial charge in [0.25, 0.3) is 0 Å². The molecule has 4 aromatic rings. The maximum Gasteiger partial charge on any atom is 0.227 e. The Morgan fingerprint density at radius 3 is 2.58 bits per heavy atom. The van der Waals surface area contributed by atoms with E-state index in [1.54, 1.807) is 7.11 Å². The van der Waals surface area contributed by atoms with Crippen LogP contribution in [0.5, 0.6) is 11.5 Å². The number of benzene rings is 3. The van der Waals surface area contributed by atoms with Gasteiger partial charge < -0.3 is 18.9 Å². The van der Waals surface area contributed by atoms with Crippen LogP contribution in [0.15, 0.2) is 66.7 Å². The smallest absolute Gasteiger partial charge is 0.227 e. The fraction of sp³-hybridized carbons (Fsp3) is 0.333. The lowest BCUT2D eigenvalue weighted by Gasteiger charge is -2.18. The van der Waals surface area contributed by atoms with E-state index in [2.05, 4.69) is 42.7 Å². The average Bonchev–Trinajstić information content (AvgIpc) is 3.46. The van der Waals surface area contributed by atoms with E-state index in [0.29, 0.717) is 19.6 Å². The molecule has 1 aliphatic rings. The molecule has 1 amide bonds. The predicted octanol–water partition coefficient (Wildman–Crippen LogP) is 6.04. The van der Waals surface area contributed by atoms with Gasteiger partial charge >= 0.3 is 0 Å². The highest BCUT2D eigenvalue weighted by molar-refractivity contribution is 5.96. The minimum Gasteiger partial charge on any atom is -0.497 e. The number of ether oxygens (including phenoxy) is 2. The van der Waals surface area contributed by atoms with Crippen LogP contribution in [0.2, 0.25) is 0 Å². The molecular weight excluding hydrogens is 450 g/mol. The molecular formula is C30H33N3O3. The second-order valence-corrected chi connectivity index (χ2v) is 9.47. The number of methoxy groups -OCH3 is 1. The van der Waals surface area contributed by atoms with E-state index < -0.39 is 0 Å². The number of fused-ring (bicyclic) bond motifs is 1. The van der Waals surface area contributed by atoms with Gasteiger partial charge in [0.1, 0.15) is 17.3 Å². The molecule has 6 nitrogen and oxygen atoms in total. The second-order valence-electron chi connectivity index (χ2n) is 9.47. The molecule has 0 N–H and O–H groups in total. The number of hydrogen-bond acceptors (Lipinski definition) is 4. The Hall–Kier alpha value is -3.80. The number of unbranched alkanes of at least 4 members (excludes halogenated alkanes) is 1. The summed E-state index contributed by atoms with van der Waals surface area (Å²) in [6.07, 6.45) is 2.38. The van der Waals surface area contributed by atoms with Crippen molar-refractivity contribution in [3.05, 3.63) is 83.7 Å². The highest BCUT2D eigenvalue weighted by Gasteiger charge is 2.34. The van der Waals surface area contributed by atoms with Crippen molar-refractivity contribution in [3.8, 4) is 11.5 Å². The summed E-state index contributed by atoms with van der Waals surface area (Å²) in [7, 11) is 1.65. The van der Waals surface area contributed by atoms with Crippen LogP contribution >= 0.6 is 0 Å². The Balaban J connectivity index is 1.29. The first-order valence-corrected chi connectivity index (χ1v) is 12.6. The Bertz CT molecular complexity index is 1360. The number of anilines is 1.